The number of nitrogens with zero attached hydrogens (tertiary/aromatic N) is 3. The molecule has 0 fully saturated rings. The molecular weight excluding hydrogens is 386 g/mol. The van der Waals surface area contributed by atoms with E-state index in [1.54, 1.807) is 0 Å². The summed E-state index contributed by atoms with van der Waals surface area (Å²) in [4.78, 5) is 33.3. The van der Waals surface area contributed by atoms with E-state index < -0.39 is 0 Å². The number of H-pyrrole nitrogens is 1. The van der Waals surface area contributed by atoms with E-state index in [0.717, 1.165) is 22.4 Å². The minimum absolute atomic E-state index is 0.147. The van der Waals surface area contributed by atoms with Crippen LogP contribution < -0.4 is 10.9 Å². The molecule has 0 aliphatic rings. The van der Waals surface area contributed by atoms with Crippen LogP contribution in [0.25, 0.3) is 17.0 Å². The van der Waals surface area contributed by atoms with Gasteiger partial charge in [-0.05, 0) is 25.5 Å². The maximum atomic E-state index is 12.4. The molecule has 0 unspecified atom stereocenters. The summed E-state index contributed by atoms with van der Waals surface area (Å²) in [5.74, 6) is 0.502. The maximum absolute atomic E-state index is 12.4. The van der Waals surface area contributed by atoms with Crippen LogP contribution in [-0.4, -0.2) is 31.2 Å². The molecule has 7 nitrogen and oxygen atoms in total. The Hall–Kier alpha value is -3.39. The first-order chi connectivity index (χ1) is 14.0. The zero-order valence-corrected chi connectivity index (χ0v) is 16.8. The van der Waals surface area contributed by atoms with Crippen LogP contribution >= 0.6 is 11.8 Å². The molecule has 4 rings (SSSR count). The first-order valence-corrected chi connectivity index (χ1v) is 10.0. The number of fused-ring (bicyclic) bond motifs is 1. The van der Waals surface area contributed by atoms with Gasteiger partial charge in [-0.15, -0.1) is 0 Å². The summed E-state index contributed by atoms with van der Waals surface area (Å²) in [7, 11) is 0. The van der Waals surface area contributed by atoms with E-state index in [0.29, 0.717) is 16.6 Å². The Bertz CT molecular complexity index is 1240. The van der Waals surface area contributed by atoms with Crippen molar-refractivity contribution in [2.75, 3.05) is 11.1 Å². The molecule has 2 aromatic heterocycles. The van der Waals surface area contributed by atoms with Crippen molar-refractivity contribution in [3.05, 3.63) is 76.1 Å². The van der Waals surface area contributed by atoms with E-state index in [9.17, 15) is 9.59 Å². The number of amides is 1. The summed E-state index contributed by atoms with van der Waals surface area (Å²) in [5.41, 5.74) is 3.94. The van der Waals surface area contributed by atoms with E-state index in [-0.39, 0.29) is 17.2 Å². The van der Waals surface area contributed by atoms with Crippen LogP contribution in [0, 0.1) is 13.8 Å². The highest BCUT2D eigenvalue weighted by Gasteiger charge is 2.13. The number of aromatic amines is 1. The molecule has 2 aromatic carbocycles. The van der Waals surface area contributed by atoms with Crippen LogP contribution in [0.15, 0.2) is 64.5 Å². The van der Waals surface area contributed by atoms with Gasteiger partial charge in [0, 0.05) is 17.3 Å². The van der Waals surface area contributed by atoms with Gasteiger partial charge in [0.15, 0.2) is 16.6 Å². The molecule has 0 saturated carbocycles. The van der Waals surface area contributed by atoms with Crippen LogP contribution in [0.5, 0.6) is 0 Å². The lowest BCUT2D eigenvalue weighted by molar-refractivity contribution is -0.113. The number of thioether (sulfide) groups is 1. The van der Waals surface area contributed by atoms with Crippen LogP contribution in [0.3, 0.4) is 0 Å². The van der Waals surface area contributed by atoms with Gasteiger partial charge in [-0.3, -0.25) is 14.7 Å². The topological polar surface area (TPSA) is 92.2 Å². The number of aromatic nitrogens is 4. The quantitative estimate of drug-likeness (QED) is 0.496. The van der Waals surface area contributed by atoms with Crippen LogP contribution in [0.4, 0.5) is 5.69 Å². The summed E-state index contributed by atoms with van der Waals surface area (Å²) in [6, 6.07) is 16.8. The molecule has 0 saturated heterocycles. The molecule has 4 aromatic rings. The van der Waals surface area contributed by atoms with Crippen molar-refractivity contribution in [1.82, 2.24) is 19.6 Å². The first kappa shape index (κ1) is 18.9. The third kappa shape index (κ3) is 4.22. The molecule has 8 heteroatoms. The second-order valence-electron chi connectivity index (χ2n) is 6.66. The molecule has 1 amide bonds. The number of para-hydroxylation sites is 1. The molecule has 0 bridgehead atoms. The fraction of sp³-hybridized carbons (Fsp3) is 0.143. The lowest BCUT2D eigenvalue weighted by atomic mass is 10.1. The van der Waals surface area contributed by atoms with E-state index in [1.807, 2.05) is 62.4 Å². The summed E-state index contributed by atoms with van der Waals surface area (Å²) in [6.45, 7) is 3.95. The lowest BCUT2D eigenvalue weighted by Gasteiger charge is -2.09. The third-order valence-corrected chi connectivity index (χ3v) is 5.32. The van der Waals surface area contributed by atoms with Gasteiger partial charge in [0.2, 0.25) is 5.91 Å². The predicted molar refractivity (Wildman–Crippen MR) is 114 cm³/mol. The van der Waals surface area contributed by atoms with Crippen molar-refractivity contribution in [1.29, 1.82) is 0 Å². The number of rotatable bonds is 5. The highest BCUT2D eigenvalue weighted by molar-refractivity contribution is 7.99. The van der Waals surface area contributed by atoms with Crippen LogP contribution in [0.1, 0.15) is 11.1 Å². The van der Waals surface area contributed by atoms with Gasteiger partial charge in [0.1, 0.15) is 0 Å². The van der Waals surface area contributed by atoms with Gasteiger partial charge >= 0.3 is 0 Å². The number of hydrogen-bond acceptors (Lipinski definition) is 5. The maximum Gasteiger partial charge on any atom is 0.266 e. The Labute approximate surface area is 171 Å². The third-order valence-electron chi connectivity index (χ3n) is 4.39. The molecule has 0 radical (unpaired) electrons. The van der Waals surface area contributed by atoms with E-state index in [2.05, 4.69) is 20.4 Å². The number of carbonyl (C=O) groups is 1. The smallest absolute Gasteiger partial charge is 0.266 e. The molecule has 2 heterocycles. The molecular formula is C21H19N5O2S. The number of anilines is 1. The number of aryl methyl sites for hydroxylation is 2. The lowest BCUT2D eigenvalue weighted by Crippen LogP contribution is -2.15. The average Bonchev–Trinajstić information content (AvgIpc) is 3.08. The van der Waals surface area contributed by atoms with Gasteiger partial charge in [-0.25, -0.2) is 14.5 Å². The van der Waals surface area contributed by atoms with E-state index in [4.69, 9.17) is 0 Å². The fourth-order valence-corrected chi connectivity index (χ4v) is 3.59. The highest BCUT2D eigenvalue weighted by Crippen LogP contribution is 2.22. The van der Waals surface area contributed by atoms with Gasteiger partial charge < -0.3 is 5.32 Å². The Morgan fingerprint density at radius 3 is 2.62 bits per heavy atom. The van der Waals surface area contributed by atoms with Crippen molar-refractivity contribution in [2.45, 2.75) is 19.0 Å². The Kier molecular flexibility index (Phi) is 5.18. The molecule has 0 aliphatic carbocycles. The monoisotopic (exact) mass is 405 g/mol. The second kappa shape index (κ2) is 7.92. The van der Waals surface area contributed by atoms with Crippen molar-refractivity contribution in [3.8, 4) is 11.4 Å². The molecule has 0 atom stereocenters. The molecule has 2 N–H and O–H groups in total. The van der Waals surface area contributed by atoms with Crippen molar-refractivity contribution in [2.24, 2.45) is 0 Å². The van der Waals surface area contributed by atoms with Crippen molar-refractivity contribution in [3.63, 3.8) is 0 Å². The summed E-state index contributed by atoms with van der Waals surface area (Å²) >= 11 is 1.24. The van der Waals surface area contributed by atoms with Gasteiger partial charge in [0.25, 0.3) is 5.56 Å². The van der Waals surface area contributed by atoms with Gasteiger partial charge in [-0.1, -0.05) is 59.8 Å². The molecule has 29 heavy (non-hydrogen) atoms. The summed E-state index contributed by atoms with van der Waals surface area (Å²) in [6.07, 6.45) is 0. The van der Waals surface area contributed by atoms with Gasteiger partial charge in [0.05, 0.1) is 5.75 Å². The minimum Gasteiger partial charge on any atom is -0.325 e. The molecule has 146 valence electrons. The number of carbonyl (C=O) groups excluding carboxylic acids is 1. The van der Waals surface area contributed by atoms with Crippen LogP contribution in [0.2, 0.25) is 0 Å². The first-order valence-electron chi connectivity index (χ1n) is 9.05. The average molecular weight is 405 g/mol. The SMILES string of the molecule is Cc1ccc(-c2nc(SCC(=O)Nc3ccccc3C)n3[nH]c(=O)cc3n2)cc1. The van der Waals surface area contributed by atoms with Gasteiger partial charge in [-0.2, -0.15) is 0 Å². The summed E-state index contributed by atoms with van der Waals surface area (Å²) in [5, 5.41) is 6.08. The normalized spacial score (nSPS) is 11.0. The number of nitrogens with one attached hydrogen (secondary N) is 2. The summed E-state index contributed by atoms with van der Waals surface area (Å²) < 4.78 is 1.51. The van der Waals surface area contributed by atoms with E-state index >= 15 is 0 Å². The molecule has 0 spiro atoms. The number of benzene rings is 2. The second-order valence-corrected chi connectivity index (χ2v) is 7.60. The minimum atomic E-state index is -0.272. The Morgan fingerprint density at radius 2 is 1.86 bits per heavy atom. The standard InChI is InChI=1S/C21H19N5O2S/c1-13-7-9-15(10-8-13)20-23-17-11-18(27)25-26(17)21(24-20)29-12-19(28)22-16-6-4-3-5-14(16)2/h3-11H,12H2,1-2H3,(H,22,28)(H,25,27). The molecule has 0 aliphatic heterocycles. The van der Waals surface area contributed by atoms with Crippen molar-refractivity contribution < 1.29 is 4.79 Å². The van der Waals surface area contributed by atoms with Crippen molar-refractivity contribution >= 4 is 29.0 Å². The highest BCUT2D eigenvalue weighted by atomic mass is 32.2. The fourth-order valence-electron chi connectivity index (χ4n) is 2.84. The largest absolute Gasteiger partial charge is 0.325 e. The predicted octanol–water partition coefficient (Wildman–Crippen LogP) is 3.43. The Morgan fingerprint density at radius 1 is 1.10 bits per heavy atom. The Balaban J connectivity index is 1.60. The van der Waals surface area contributed by atoms with E-state index in [1.165, 1.54) is 22.3 Å². The number of hydrogen-bond donors (Lipinski definition) is 2. The zero-order valence-electron chi connectivity index (χ0n) is 16.0. The van der Waals surface area contributed by atoms with Crippen LogP contribution in [-0.2, 0) is 4.79 Å². The zero-order chi connectivity index (χ0) is 20.4.